The Morgan fingerprint density at radius 1 is 1.42 bits per heavy atom. The Hall–Kier alpha value is -2.08. The van der Waals surface area contributed by atoms with Crippen LogP contribution in [0, 0.1) is 0 Å². The van der Waals surface area contributed by atoms with Crippen molar-refractivity contribution >= 4 is 27.5 Å². The summed E-state index contributed by atoms with van der Waals surface area (Å²) in [6.45, 7) is 0. The lowest BCUT2D eigenvalue weighted by Crippen LogP contribution is -2.12. The quantitative estimate of drug-likeness (QED) is 0.911. The fraction of sp³-hybridized carbons (Fsp3) is 0.0769. The van der Waals surface area contributed by atoms with Gasteiger partial charge in [0.2, 0.25) is 0 Å². The van der Waals surface area contributed by atoms with Gasteiger partial charge in [-0.3, -0.25) is 9.78 Å². The number of halogens is 1. The van der Waals surface area contributed by atoms with E-state index in [4.69, 9.17) is 4.74 Å². The molecule has 0 unspecified atom stereocenters. The summed E-state index contributed by atoms with van der Waals surface area (Å²) < 4.78 is 5.81. The first kappa shape index (κ1) is 13.4. The minimum absolute atomic E-state index is 0.157. The van der Waals surface area contributed by atoms with Crippen molar-refractivity contribution in [1.29, 1.82) is 0 Å². The number of aromatic nitrogens is 1. The monoisotopic (exact) mass is 322 g/mol. The zero-order chi connectivity index (χ0) is 13.8. The number of rotatable bonds is 3. The van der Waals surface area contributed by atoms with Crippen LogP contribution in [0.2, 0.25) is 0 Å². The molecule has 1 heterocycles. The number of carbonyl (C=O) groups excluding carboxylic acids is 1. The van der Waals surface area contributed by atoms with Gasteiger partial charge in [-0.05, 0) is 34.1 Å². The lowest BCUT2D eigenvalue weighted by Gasteiger charge is -2.09. The van der Waals surface area contributed by atoms with Crippen LogP contribution >= 0.6 is 15.9 Å². The maximum Gasteiger partial charge on any atom is 0.259 e. The van der Waals surface area contributed by atoms with E-state index in [1.807, 2.05) is 0 Å². The molecule has 1 amide bonds. The molecule has 0 aliphatic rings. The fourth-order valence-electron chi connectivity index (χ4n) is 1.49. The molecule has 0 aliphatic carbocycles. The third-order valence-electron chi connectivity index (χ3n) is 2.47. The second-order valence-electron chi connectivity index (χ2n) is 3.69. The first-order chi connectivity index (χ1) is 9.11. The van der Waals surface area contributed by atoms with Crippen LogP contribution < -0.4 is 10.1 Å². The Labute approximate surface area is 118 Å². The number of benzene rings is 1. The van der Waals surface area contributed by atoms with Crippen LogP contribution in [-0.2, 0) is 0 Å². The number of pyridine rings is 1. The molecule has 6 heteroatoms. The zero-order valence-electron chi connectivity index (χ0n) is 10.1. The van der Waals surface area contributed by atoms with Crippen molar-refractivity contribution in [2.24, 2.45) is 0 Å². The van der Waals surface area contributed by atoms with Gasteiger partial charge in [-0.2, -0.15) is 0 Å². The normalized spacial score (nSPS) is 10.0. The third-order valence-corrected chi connectivity index (χ3v) is 3.16. The Bertz CT molecular complexity index is 617. The lowest BCUT2D eigenvalue weighted by atomic mass is 10.2. The second-order valence-corrected chi connectivity index (χ2v) is 4.55. The van der Waals surface area contributed by atoms with Gasteiger partial charge in [0.1, 0.15) is 11.5 Å². The highest BCUT2D eigenvalue weighted by Gasteiger charge is 2.12. The van der Waals surface area contributed by atoms with Crippen LogP contribution in [0.3, 0.4) is 0 Å². The highest BCUT2D eigenvalue weighted by Crippen LogP contribution is 2.28. The maximum atomic E-state index is 12.0. The molecule has 0 atom stereocenters. The minimum Gasteiger partial charge on any atom is -0.505 e. The molecule has 0 aliphatic heterocycles. The Balaban J connectivity index is 2.26. The van der Waals surface area contributed by atoms with Gasteiger partial charge in [-0.1, -0.05) is 0 Å². The number of aromatic hydroxyl groups is 1. The molecule has 5 nitrogen and oxygen atoms in total. The Morgan fingerprint density at radius 2 is 2.21 bits per heavy atom. The van der Waals surface area contributed by atoms with Crippen LogP contribution in [0.15, 0.2) is 41.1 Å². The molecule has 0 saturated carbocycles. The lowest BCUT2D eigenvalue weighted by molar-refractivity contribution is 0.102. The van der Waals surface area contributed by atoms with Gasteiger partial charge in [0.05, 0.1) is 24.6 Å². The van der Waals surface area contributed by atoms with Crippen LogP contribution in [0.4, 0.5) is 5.69 Å². The Morgan fingerprint density at radius 3 is 2.89 bits per heavy atom. The summed E-state index contributed by atoms with van der Waals surface area (Å²) in [5.41, 5.74) is 0.713. The topological polar surface area (TPSA) is 71.5 Å². The number of carbonyl (C=O) groups is 1. The number of anilines is 1. The summed E-state index contributed by atoms with van der Waals surface area (Å²) >= 11 is 3.33. The number of methoxy groups -OCH3 is 1. The van der Waals surface area contributed by atoms with E-state index in [-0.39, 0.29) is 11.3 Å². The molecule has 2 N–H and O–H groups in total. The maximum absolute atomic E-state index is 12.0. The molecule has 0 spiro atoms. The highest BCUT2D eigenvalue weighted by molar-refractivity contribution is 9.10. The molecular weight excluding hydrogens is 312 g/mol. The van der Waals surface area contributed by atoms with E-state index < -0.39 is 5.91 Å². The van der Waals surface area contributed by atoms with Gasteiger partial charge < -0.3 is 15.2 Å². The summed E-state index contributed by atoms with van der Waals surface area (Å²) in [4.78, 5) is 15.7. The summed E-state index contributed by atoms with van der Waals surface area (Å²) in [6, 6.07) is 6.66. The van der Waals surface area contributed by atoms with Crippen LogP contribution in [-0.4, -0.2) is 23.1 Å². The van der Waals surface area contributed by atoms with Crippen LogP contribution in [0.25, 0.3) is 0 Å². The average Bonchev–Trinajstić information content (AvgIpc) is 2.41. The standard InChI is InChI=1S/C13H11BrN2O3/c1-19-8-2-3-10(14)11(6-8)16-13(18)9-4-5-15-7-12(9)17/h2-7,17H,1H3,(H,16,18). The summed E-state index contributed by atoms with van der Waals surface area (Å²) in [7, 11) is 1.55. The number of nitrogens with one attached hydrogen (secondary N) is 1. The van der Waals surface area contributed by atoms with Crippen molar-refractivity contribution in [2.45, 2.75) is 0 Å². The SMILES string of the molecule is COc1ccc(Br)c(NC(=O)c2ccncc2O)c1. The van der Waals surface area contributed by atoms with Crippen molar-refractivity contribution in [3.63, 3.8) is 0 Å². The first-order valence-corrected chi connectivity index (χ1v) is 6.19. The van der Waals surface area contributed by atoms with Gasteiger partial charge in [-0.25, -0.2) is 0 Å². The fourth-order valence-corrected chi connectivity index (χ4v) is 1.84. The van der Waals surface area contributed by atoms with Gasteiger partial charge in [0.15, 0.2) is 0 Å². The van der Waals surface area contributed by atoms with Gasteiger partial charge in [0.25, 0.3) is 5.91 Å². The number of ether oxygens (including phenoxy) is 1. The summed E-state index contributed by atoms with van der Waals surface area (Å²) in [5, 5.41) is 12.3. The van der Waals surface area contributed by atoms with E-state index in [1.165, 1.54) is 18.5 Å². The van der Waals surface area contributed by atoms with E-state index >= 15 is 0 Å². The molecule has 1 aromatic carbocycles. The predicted molar refractivity (Wildman–Crippen MR) is 74.5 cm³/mol. The largest absolute Gasteiger partial charge is 0.505 e. The van der Waals surface area contributed by atoms with E-state index in [0.29, 0.717) is 11.4 Å². The number of hydrogen-bond acceptors (Lipinski definition) is 4. The summed E-state index contributed by atoms with van der Waals surface area (Å²) in [5.74, 6) is 0.0327. The highest BCUT2D eigenvalue weighted by atomic mass is 79.9. The molecule has 0 saturated heterocycles. The molecular formula is C13H11BrN2O3. The first-order valence-electron chi connectivity index (χ1n) is 5.39. The van der Waals surface area contributed by atoms with Crippen LogP contribution in [0.5, 0.6) is 11.5 Å². The molecule has 1 aromatic heterocycles. The number of nitrogens with zero attached hydrogens (tertiary/aromatic N) is 1. The molecule has 2 aromatic rings. The van der Waals surface area contributed by atoms with Gasteiger partial charge >= 0.3 is 0 Å². The number of hydrogen-bond donors (Lipinski definition) is 2. The van der Waals surface area contributed by atoms with E-state index in [2.05, 4.69) is 26.2 Å². The smallest absolute Gasteiger partial charge is 0.259 e. The average molecular weight is 323 g/mol. The van der Waals surface area contributed by atoms with Crippen molar-refractivity contribution in [3.05, 3.63) is 46.7 Å². The Kier molecular flexibility index (Phi) is 4.01. The molecule has 19 heavy (non-hydrogen) atoms. The van der Waals surface area contributed by atoms with Crippen molar-refractivity contribution in [2.75, 3.05) is 12.4 Å². The third kappa shape index (κ3) is 3.03. The number of amides is 1. The van der Waals surface area contributed by atoms with E-state index in [0.717, 1.165) is 4.47 Å². The predicted octanol–water partition coefficient (Wildman–Crippen LogP) is 2.81. The van der Waals surface area contributed by atoms with Gasteiger partial charge in [0, 0.05) is 16.7 Å². The van der Waals surface area contributed by atoms with Crippen LogP contribution in [0.1, 0.15) is 10.4 Å². The molecule has 0 bridgehead atoms. The zero-order valence-corrected chi connectivity index (χ0v) is 11.6. The van der Waals surface area contributed by atoms with Crippen molar-refractivity contribution in [3.8, 4) is 11.5 Å². The van der Waals surface area contributed by atoms with Gasteiger partial charge in [-0.15, -0.1) is 0 Å². The molecule has 98 valence electrons. The molecule has 0 radical (unpaired) electrons. The van der Waals surface area contributed by atoms with Crippen molar-refractivity contribution in [1.82, 2.24) is 4.98 Å². The van der Waals surface area contributed by atoms with E-state index in [1.54, 1.807) is 25.3 Å². The molecule has 2 rings (SSSR count). The van der Waals surface area contributed by atoms with Crippen molar-refractivity contribution < 1.29 is 14.6 Å². The molecule has 0 fully saturated rings. The summed E-state index contributed by atoms with van der Waals surface area (Å²) in [6.07, 6.45) is 2.66. The second kappa shape index (κ2) is 5.71. The van der Waals surface area contributed by atoms with E-state index in [9.17, 15) is 9.90 Å². The minimum atomic E-state index is -0.422.